The molecule has 6 heteroatoms. The van der Waals surface area contributed by atoms with E-state index in [0.717, 1.165) is 25.1 Å². The van der Waals surface area contributed by atoms with Gasteiger partial charge < -0.3 is 14.5 Å². The van der Waals surface area contributed by atoms with Crippen LogP contribution in [0.5, 0.6) is 0 Å². The van der Waals surface area contributed by atoms with Crippen molar-refractivity contribution in [1.29, 1.82) is 5.26 Å². The predicted octanol–water partition coefficient (Wildman–Crippen LogP) is 1.17. The molecular weight excluding hydrogens is 316 g/mol. The fraction of sp³-hybridized carbons (Fsp3) is 0.579. The molecule has 0 aromatic heterocycles. The van der Waals surface area contributed by atoms with E-state index in [1.54, 1.807) is 13.2 Å². The lowest BCUT2D eigenvalue weighted by Crippen LogP contribution is -2.46. The first-order valence-corrected chi connectivity index (χ1v) is 8.60. The van der Waals surface area contributed by atoms with Crippen molar-refractivity contribution in [2.75, 3.05) is 47.9 Å². The summed E-state index contributed by atoms with van der Waals surface area (Å²) >= 11 is 0. The van der Waals surface area contributed by atoms with Gasteiger partial charge in [-0.2, -0.15) is 5.26 Å². The van der Waals surface area contributed by atoms with Gasteiger partial charge in [-0.1, -0.05) is 12.1 Å². The molecule has 0 saturated carbocycles. The molecule has 2 atom stereocenters. The Morgan fingerprint density at radius 1 is 1.40 bits per heavy atom. The third kappa shape index (κ3) is 5.27. The summed E-state index contributed by atoms with van der Waals surface area (Å²) in [6, 6.07) is 9.48. The van der Waals surface area contributed by atoms with Gasteiger partial charge in [-0.05, 0) is 45.3 Å². The van der Waals surface area contributed by atoms with Crippen molar-refractivity contribution in [2.45, 2.75) is 25.1 Å². The minimum absolute atomic E-state index is 0.108. The number of carbonyl (C=O) groups is 1. The summed E-state index contributed by atoms with van der Waals surface area (Å²) in [5.41, 5.74) is 1.60. The fourth-order valence-electron chi connectivity index (χ4n) is 3.17. The number of rotatable bonds is 7. The Labute approximate surface area is 150 Å². The van der Waals surface area contributed by atoms with Gasteiger partial charge in [0.05, 0.1) is 23.8 Å². The highest BCUT2D eigenvalue weighted by molar-refractivity contribution is 5.82. The Morgan fingerprint density at radius 3 is 2.76 bits per heavy atom. The van der Waals surface area contributed by atoms with Crippen LogP contribution in [-0.4, -0.2) is 80.6 Å². The lowest BCUT2D eigenvalue weighted by molar-refractivity contribution is -0.136. The SMILES string of the molecule is CO[C@H]1C[C@@H](C(=O)N(CCN(C)C)Cc2cccc(C#N)c2)N(C)C1. The van der Waals surface area contributed by atoms with Crippen molar-refractivity contribution in [1.82, 2.24) is 14.7 Å². The first-order chi connectivity index (χ1) is 11.9. The van der Waals surface area contributed by atoms with Crippen LogP contribution in [0, 0.1) is 11.3 Å². The van der Waals surface area contributed by atoms with E-state index < -0.39 is 0 Å². The molecule has 1 heterocycles. The van der Waals surface area contributed by atoms with Crippen molar-refractivity contribution < 1.29 is 9.53 Å². The van der Waals surface area contributed by atoms with E-state index in [2.05, 4.69) is 15.9 Å². The zero-order valence-electron chi connectivity index (χ0n) is 15.6. The van der Waals surface area contributed by atoms with Crippen LogP contribution in [0.25, 0.3) is 0 Å². The molecule has 1 amide bonds. The van der Waals surface area contributed by atoms with Crippen LogP contribution in [0.1, 0.15) is 17.5 Å². The highest BCUT2D eigenvalue weighted by Gasteiger charge is 2.36. The molecule has 1 aromatic rings. The number of benzene rings is 1. The normalized spacial score (nSPS) is 20.6. The molecule has 136 valence electrons. The van der Waals surface area contributed by atoms with Crippen molar-refractivity contribution in [3.63, 3.8) is 0 Å². The van der Waals surface area contributed by atoms with E-state index in [-0.39, 0.29) is 18.1 Å². The summed E-state index contributed by atoms with van der Waals surface area (Å²) in [6.07, 6.45) is 0.833. The van der Waals surface area contributed by atoms with Gasteiger partial charge >= 0.3 is 0 Å². The molecule has 0 radical (unpaired) electrons. The van der Waals surface area contributed by atoms with Crippen LogP contribution in [0.3, 0.4) is 0 Å². The first-order valence-electron chi connectivity index (χ1n) is 8.60. The topological polar surface area (TPSA) is 59.8 Å². The third-order valence-corrected chi connectivity index (χ3v) is 4.69. The zero-order valence-corrected chi connectivity index (χ0v) is 15.6. The Morgan fingerprint density at radius 2 is 2.16 bits per heavy atom. The number of likely N-dealkylation sites (tertiary alicyclic amines) is 1. The molecule has 6 nitrogen and oxygen atoms in total. The van der Waals surface area contributed by atoms with Crippen molar-refractivity contribution in [2.24, 2.45) is 0 Å². The van der Waals surface area contributed by atoms with Crippen LogP contribution >= 0.6 is 0 Å². The number of hydrogen-bond acceptors (Lipinski definition) is 5. The summed E-state index contributed by atoms with van der Waals surface area (Å²) in [6.45, 7) is 2.75. The largest absolute Gasteiger partial charge is 0.380 e. The molecule has 1 aromatic carbocycles. The van der Waals surface area contributed by atoms with E-state index in [9.17, 15) is 4.79 Å². The Bertz CT molecular complexity index is 626. The average molecular weight is 344 g/mol. The monoisotopic (exact) mass is 344 g/mol. The minimum atomic E-state index is -0.147. The van der Waals surface area contributed by atoms with Gasteiger partial charge in [0.2, 0.25) is 5.91 Å². The van der Waals surface area contributed by atoms with Gasteiger partial charge in [-0.15, -0.1) is 0 Å². The second-order valence-electron chi connectivity index (χ2n) is 6.92. The number of amides is 1. The van der Waals surface area contributed by atoms with Gasteiger partial charge in [0, 0.05) is 33.3 Å². The van der Waals surface area contributed by atoms with Gasteiger partial charge in [0.25, 0.3) is 0 Å². The van der Waals surface area contributed by atoms with Gasteiger partial charge in [0.1, 0.15) is 0 Å². The maximum absolute atomic E-state index is 13.1. The summed E-state index contributed by atoms with van der Waals surface area (Å²) < 4.78 is 5.43. The lowest BCUT2D eigenvalue weighted by atomic mass is 10.1. The fourth-order valence-corrected chi connectivity index (χ4v) is 3.17. The molecule has 1 aliphatic rings. The van der Waals surface area contributed by atoms with Crippen LogP contribution in [-0.2, 0) is 16.1 Å². The van der Waals surface area contributed by atoms with Gasteiger partial charge in [-0.3, -0.25) is 9.69 Å². The van der Waals surface area contributed by atoms with E-state index in [0.29, 0.717) is 18.7 Å². The first kappa shape index (κ1) is 19.4. The quantitative estimate of drug-likeness (QED) is 0.743. The highest BCUT2D eigenvalue weighted by atomic mass is 16.5. The lowest BCUT2D eigenvalue weighted by Gasteiger charge is -2.29. The van der Waals surface area contributed by atoms with E-state index in [4.69, 9.17) is 10.00 Å². The number of ether oxygens (including phenoxy) is 1. The third-order valence-electron chi connectivity index (χ3n) is 4.69. The summed E-state index contributed by atoms with van der Waals surface area (Å²) in [5.74, 6) is 0.131. The molecule has 25 heavy (non-hydrogen) atoms. The summed E-state index contributed by atoms with van der Waals surface area (Å²) in [7, 11) is 7.67. The minimum Gasteiger partial charge on any atom is -0.380 e. The zero-order chi connectivity index (χ0) is 18.4. The number of methoxy groups -OCH3 is 1. The van der Waals surface area contributed by atoms with Gasteiger partial charge in [-0.25, -0.2) is 0 Å². The molecular formula is C19H28N4O2. The summed E-state index contributed by atoms with van der Waals surface area (Å²) in [4.78, 5) is 19.2. The maximum Gasteiger partial charge on any atom is 0.240 e. The molecule has 1 aliphatic heterocycles. The van der Waals surface area contributed by atoms with Crippen molar-refractivity contribution in [3.05, 3.63) is 35.4 Å². The molecule has 0 spiro atoms. The van der Waals surface area contributed by atoms with E-state index in [1.807, 2.05) is 44.2 Å². The van der Waals surface area contributed by atoms with Crippen LogP contribution in [0.4, 0.5) is 0 Å². The number of nitriles is 1. The molecule has 0 bridgehead atoms. The Kier molecular flexibility index (Phi) is 6.94. The van der Waals surface area contributed by atoms with E-state index >= 15 is 0 Å². The van der Waals surface area contributed by atoms with Crippen molar-refractivity contribution >= 4 is 5.91 Å². The number of nitrogens with zero attached hydrogens (tertiary/aromatic N) is 4. The smallest absolute Gasteiger partial charge is 0.240 e. The molecule has 2 rings (SSSR count). The van der Waals surface area contributed by atoms with Gasteiger partial charge in [0.15, 0.2) is 0 Å². The standard InChI is InChI=1S/C19H28N4O2/c1-21(2)8-9-23(13-16-7-5-6-15(10-16)12-20)19(24)18-11-17(25-4)14-22(18)3/h5-7,10,17-18H,8-9,11,13-14H2,1-4H3/t17-,18-/m0/s1. The van der Waals surface area contributed by atoms with Crippen LogP contribution in [0.2, 0.25) is 0 Å². The predicted molar refractivity (Wildman–Crippen MR) is 97.0 cm³/mol. The molecule has 0 unspecified atom stereocenters. The second kappa shape index (κ2) is 8.95. The van der Waals surface area contributed by atoms with E-state index in [1.165, 1.54) is 0 Å². The Balaban J connectivity index is 2.14. The molecule has 0 N–H and O–H groups in total. The maximum atomic E-state index is 13.1. The second-order valence-corrected chi connectivity index (χ2v) is 6.92. The average Bonchev–Trinajstić information content (AvgIpc) is 2.99. The Hall–Kier alpha value is -1.94. The molecule has 1 saturated heterocycles. The van der Waals surface area contributed by atoms with Crippen molar-refractivity contribution in [3.8, 4) is 6.07 Å². The molecule has 1 fully saturated rings. The summed E-state index contributed by atoms with van der Waals surface area (Å²) in [5, 5.41) is 9.09. The number of likely N-dealkylation sites (N-methyl/N-ethyl adjacent to an activating group) is 2. The van der Waals surface area contributed by atoms with Crippen LogP contribution < -0.4 is 0 Å². The molecule has 0 aliphatic carbocycles. The highest BCUT2D eigenvalue weighted by Crippen LogP contribution is 2.21. The number of hydrogen-bond donors (Lipinski definition) is 0. The number of carbonyl (C=O) groups excluding carboxylic acids is 1. The van der Waals surface area contributed by atoms with Crippen LogP contribution in [0.15, 0.2) is 24.3 Å².